The number of hydrogen-bond acceptors (Lipinski definition) is 2. The molecule has 3 rings (SSSR count). The van der Waals surface area contributed by atoms with Gasteiger partial charge in [-0.2, -0.15) is 0 Å². The molecule has 2 heterocycles. The van der Waals surface area contributed by atoms with E-state index in [1.54, 1.807) is 6.20 Å². The third kappa shape index (κ3) is 2.90. The molecule has 0 aliphatic carbocycles. The average Bonchev–Trinajstić information content (AvgIpc) is 2.92. The predicted molar refractivity (Wildman–Crippen MR) is 90.7 cm³/mol. The first-order valence-corrected chi connectivity index (χ1v) is 7.95. The van der Waals surface area contributed by atoms with Crippen molar-refractivity contribution >= 4 is 32.9 Å². The Morgan fingerprint density at radius 1 is 1.32 bits per heavy atom. The van der Waals surface area contributed by atoms with Crippen LogP contribution in [-0.4, -0.2) is 15.5 Å². The normalized spacial score (nSPS) is 10.8. The highest BCUT2D eigenvalue weighted by atomic mass is 79.9. The second-order valence-corrected chi connectivity index (χ2v) is 5.93. The Kier molecular flexibility index (Phi) is 4.24. The Labute approximate surface area is 137 Å². The van der Waals surface area contributed by atoms with Crippen molar-refractivity contribution in [3.05, 3.63) is 64.4 Å². The van der Waals surface area contributed by atoms with Gasteiger partial charge in [-0.25, -0.2) is 4.98 Å². The van der Waals surface area contributed by atoms with Crippen LogP contribution in [0.5, 0.6) is 0 Å². The first-order valence-electron chi connectivity index (χ1n) is 7.15. The summed E-state index contributed by atoms with van der Waals surface area (Å²) in [6.07, 6.45) is 3.62. The summed E-state index contributed by atoms with van der Waals surface area (Å²) in [7, 11) is 0. The minimum absolute atomic E-state index is 0.0785. The highest BCUT2D eigenvalue weighted by Gasteiger charge is 2.14. The van der Waals surface area contributed by atoms with Crippen LogP contribution in [0.15, 0.2) is 53.3 Å². The fraction of sp³-hybridized carbons (Fsp3) is 0.176. The summed E-state index contributed by atoms with van der Waals surface area (Å²) in [5.74, 6) is -0.0785. The molecular formula is C17H16BrN3O. The summed E-state index contributed by atoms with van der Waals surface area (Å²) in [5.41, 5.74) is 2.57. The largest absolute Gasteiger partial charge is 0.348 e. The maximum Gasteiger partial charge on any atom is 0.253 e. The molecule has 22 heavy (non-hydrogen) atoms. The van der Waals surface area contributed by atoms with Gasteiger partial charge in [0.05, 0.1) is 5.56 Å². The van der Waals surface area contributed by atoms with E-state index in [0.717, 1.165) is 27.6 Å². The molecule has 3 aromatic rings. The lowest BCUT2D eigenvalue weighted by molar-refractivity contribution is 0.0952. The van der Waals surface area contributed by atoms with E-state index < -0.39 is 0 Å². The molecule has 0 saturated heterocycles. The van der Waals surface area contributed by atoms with Crippen LogP contribution in [0, 0.1) is 0 Å². The number of fused-ring (bicyclic) bond motifs is 1. The van der Waals surface area contributed by atoms with Crippen molar-refractivity contribution in [2.45, 2.75) is 20.0 Å². The first kappa shape index (κ1) is 14.8. The molecule has 0 unspecified atom stereocenters. The molecule has 2 aromatic heterocycles. The number of nitrogens with zero attached hydrogens (tertiary/aromatic N) is 2. The number of aryl methyl sites for hydroxylation is 1. The number of hydrogen-bond donors (Lipinski definition) is 1. The Balaban J connectivity index is 1.83. The van der Waals surface area contributed by atoms with Crippen LogP contribution in [0.2, 0.25) is 0 Å². The van der Waals surface area contributed by atoms with Crippen molar-refractivity contribution in [2.24, 2.45) is 0 Å². The monoisotopic (exact) mass is 357 g/mol. The lowest BCUT2D eigenvalue weighted by atomic mass is 10.2. The van der Waals surface area contributed by atoms with Gasteiger partial charge in [-0.3, -0.25) is 4.79 Å². The van der Waals surface area contributed by atoms with Crippen molar-refractivity contribution in [1.29, 1.82) is 0 Å². The summed E-state index contributed by atoms with van der Waals surface area (Å²) in [6, 6.07) is 11.7. The van der Waals surface area contributed by atoms with Gasteiger partial charge in [-0.1, -0.05) is 28.1 Å². The van der Waals surface area contributed by atoms with E-state index in [1.807, 2.05) is 54.1 Å². The zero-order valence-corrected chi connectivity index (χ0v) is 13.8. The maximum atomic E-state index is 12.5. The highest BCUT2D eigenvalue weighted by molar-refractivity contribution is 9.10. The summed E-state index contributed by atoms with van der Waals surface area (Å²) in [5, 5.41) is 3.86. The quantitative estimate of drug-likeness (QED) is 0.772. The third-order valence-corrected chi connectivity index (χ3v) is 4.05. The van der Waals surface area contributed by atoms with Crippen molar-refractivity contribution in [3.63, 3.8) is 0 Å². The first-order chi connectivity index (χ1) is 10.7. The molecule has 0 aliphatic heterocycles. The fourth-order valence-corrected chi connectivity index (χ4v) is 2.92. The van der Waals surface area contributed by atoms with Gasteiger partial charge < -0.3 is 9.88 Å². The summed E-state index contributed by atoms with van der Waals surface area (Å²) in [6.45, 7) is 3.32. The molecule has 4 nitrogen and oxygen atoms in total. The lowest BCUT2D eigenvalue weighted by Gasteiger charge is -2.05. The number of pyridine rings is 1. The van der Waals surface area contributed by atoms with Crippen LogP contribution in [0.25, 0.3) is 11.0 Å². The van der Waals surface area contributed by atoms with E-state index in [1.165, 1.54) is 0 Å². The minimum atomic E-state index is -0.0785. The second kappa shape index (κ2) is 6.32. The summed E-state index contributed by atoms with van der Waals surface area (Å²) >= 11 is 3.44. The van der Waals surface area contributed by atoms with Gasteiger partial charge in [-0.05, 0) is 36.8 Å². The number of halogens is 1. The Morgan fingerprint density at radius 2 is 2.18 bits per heavy atom. The molecule has 0 aliphatic rings. The molecule has 0 atom stereocenters. The number of aromatic nitrogens is 2. The van der Waals surface area contributed by atoms with Gasteiger partial charge in [0.15, 0.2) is 0 Å². The van der Waals surface area contributed by atoms with Crippen LogP contribution in [-0.2, 0) is 13.1 Å². The highest BCUT2D eigenvalue weighted by Crippen LogP contribution is 2.19. The van der Waals surface area contributed by atoms with Crippen molar-refractivity contribution < 1.29 is 4.79 Å². The van der Waals surface area contributed by atoms with E-state index in [9.17, 15) is 4.79 Å². The van der Waals surface area contributed by atoms with E-state index in [-0.39, 0.29) is 5.91 Å². The second-order valence-electron chi connectivity index (χ2n) is 5.02. The molecule has 0 saturated carbocycles. The van der Waals surface area contributed by atoms with Crippen LogP contribution >= 0.6 is 15.9 Å². The Morgan fingerprint density at radius 3 is 2.95 bits per heavy atom. The Hall–Kier alpha value is -2.14. The lowest BCUT2D eigenvalue weighted by Crippen LogP contribution is -2.22. The third-order valence-electron chi connectivity index (χ3n) is 3.56. The van der Waals surface area contributed by atoms with Crippen molar-refractivity contribution in [1.82, 2.24) is 14.9 Å². The number of carbonyl (C=O) groups is 1. The summed E-state index contributed by atoms with van der Waals surface area (Å²) in [4.78, 5) is 16.8. The number of rotatable bonds is 4. The van der Waals surface area contributed by atoms with Crippen LogP contribution in [0.4, 0.5) is 0 Å². The number of amides is 1. The van der Waals surface area contributed by atoms with Gasteiger partial charge in [0, 0.05) is 35.3 Å². The van der Waals surface area contributed by atoms with Crippen LogP contribution in [0.3, 0.4) is 0 Å². The van der Waals surface area contributed by atoms with Gasteiger partial charge in [0.1, 0.15) is 5.65 Å². The average molecular weight is 358 g/mol. The number of nitrogens with one attached hydrogen (secondary N) is 1. The molecule has 112 valence electrons. The van der Waals surface area contributed by atoms with E-state index in [2.05, 4.69) is 26.2 Å². The van der Waals surface area contributed by atoms with Gasteiger partial charge in [0.2, 0.25) is 0 Å². The molecule has 1 aromatic carbocycles. The van der Waals surface area contributed by atoms with E-state index in [0.29, 0.717) is 12.1 Å². The Bertz CT molecular complexity index is 826. The van der Waals surface area contributed by atoms with Gasteiger partial charge in [-0.15, -0.1) is 0 Å². The summed E-state index contributed by atoms with van der Waals surface area (Å²) < 4.78 is 3.00. The molecule has 1 amide bonds. The van der Waals surface area contributed by atoms with E-state index in [4.69, 9.17) is 0 Å². The predicted octanol–water partition coefficient (Wildman–Crippen LogP) is 3.75. The molecule has 0 spiro atoms. The van der Waals surface area contributed by atoms with Gasteiger partial charge >= 0.3 is 0 Å². The van der Waals surface area contributed by atoms with Crippen LogP contribution < -0.4 is 5.32 Å². The fourth-order valence-electron chi connectivity index (χ4n) is 2.47. The molecule has 5 heteroatoms. The SMILES string of the molecule is CCn1cc(C(=O)NCc2cccc(Br)c2)c2cccnc21. The number of carbonyl (C=O) groups excluding carboxylic acids is 1. The van der Waals surface area contributed by atoms with Crippen LogP contribution in [0.1, 0.15) is 22.8 Å². The van der Waals surface area contributed by atoms with E-state index >= 15 is 0 Å². The molecule has 0 bridgehead atoms. The standard InChI is InChI=1S/C17H16BrN3O/c1-2-21-11-15(14-7-4-8-19-16(14)21)17(22)20-10-12-5-3-6-13(18)9-12/h3-9,11H,2,10H2,1H3,(H,20,22). The van der Waals surface area contributed by atoms with Gasteiger partial charge in [0.25, 0.3) is 5.91 Å². The molecular weight excluding hydrogens is 342 g/mol. The zero-order valence-electron chi connectivity index (χ0n) is 12.2. The zero-order chi connectivity index (χ0) is 15.5. The molecule has 0 radical (unpaired) electrons. The molecule has 1 N–H and O–H groups in total. The van der Waals surface area contributed by atoms with Crippen molar-refractivity contribution in [2.75, 3.05) is 0 Å². The maximum absolute atomic E-state index is 12.5. The van der Waals surface area contributed by atoms with Crippen molar-refractivity contribution in [3.8, 4) is 0 Å². The number of benzene rings is 1. The minimum Gasteiger partial charge on any atom is -0.348 e. The topological polar surface area (TPSA) is 46.9 Å². The smallest absolute Gasteiger partial charge is 0.253 e. The molecule has 0 fully saturated rings.